The van der Waals surface area contributed by atoms with Crippen molar-refractivity contribution < 1.29 is 13.9 Å². The van der Waals surface area contributed by atoms with Gasteiger partial charge in [0.05, 0.1) is 10.4 Å². The summed E-state index contributed by atoms with van der Waals surface area (Å²) in [7, 11) is 0. The van der Waals surface area contributed by atoms with Crippen LogP contribution in [0.15, 0.2) is 29.9 Å². The lowest BCUT2D eigenvalue weighted by atomic mass is 10.1. The van der Waals surface area contributed by atoms with Gasteiger partial charge in [0.15, 0.2) is 0 Å². The lowest BCUT2D eigenvalue weighted by molar-refractivity contribution is 0.223. The molecular formula is C10H7F2NOS. The third kappa shape index (κ3) is 2.19. The van der Waals surface area contributed by atoms with Crippen LogP contribution in [0.1, 0.15) is 16.5 Å². The third-order valence-corrected chi connectivity index (χ3v) is 2.75. The zero-order valence-electron chi connectivity index (χ0n) is 7.52. The number of halogens is 2. The summed E-state index contributed by atoms with van der Waals surface area (Å²) in [6, 6.07) is 2.98. The molecule has 1 N–H and O–H groups in total. The monoisotopic (exact) mass is 227 g/mol. The van der Waals surface area contributed by atoms with Gasteiger partial charge in [-0.1, -0.05) is 0 Å². The van der Waals surface area contributed by atoms with E-state index in [4.69, 9.17) is 0 Å². The molecule has 0 aliphatic heterocycles. The van der Waals surface area contributed by atoms with Crippen LogP contribution in [0, 0.1) is 11.6 Å². The van der Waals surface area contributed by atoms with E-state index in [-0.39, 0.29) is 5.56 Å². The Hall–Kier alpha value is -1.33. The van der Waals surface area contributed by atoms with Gasteiger partial charge in [0.25, 0.3) is 0 Å². The van der Waals surface area contributed by atoms with Crippen molar-refractivity contribution in [3.05, 3.63) is 52.0 Å². The van der Waals surface area contributed by atoms with Crippen LogP contribution in [0.4, 0.5) is 8.78 Å². The van der Waals surface area contributed by atoms with Crippen molar-refractivity contribution >= 4 is 11.3 Å². The molecule has 0 saturated heterocycles. The van der Waals surface area contributed by atoms with Crippen LogP contribution < -0.4 is 0 Å². The predicted octanol–water partition coefficient (Wildman–Crippen LogP) is 2.50. The highest BCUT2D eigenvalue weighted by Crippen LogP contribution is 2.25. The van der Waals surface area contributed by atoms with E-state index in [9.17, 15) is 13.9 Å². The standard InChI is InChI=1S/C10H7F2NOS/c11-7-1-6(2-8(12)3-7)10(14)9-4-13-5-15-9/h1-5,10,14H. The SMILES string of the molecule is OC(c1cc(F)cc(F)c1)c1cncs1. The molecule has 0 fully saturated rings. The second-order valence-electron chi connectivity index (χ2n) is 3.01. The van der Waals surface area contributed by atoms with Crippen LogP contribution in [-0.2, 0) is 0 Å². The van der Waals surface area contributed by atoms with Crippen LogP contribution >= 0.6 is 11.3 Å². The van der Waals surface area contributed by atoms with E-state index in [1.54, 1.807) is 5.51 Å². The summed E-state index contributed by atoms with van der Waals surface area (Å²) in [5.41, 5.74) is 1.74. The maximum atomic E-state index is 12.9. The summed E-state index contributed by atoms with van der Waals surface area (Å²) in [6.07, 6.45) is 0.445. The molecule has 0 aliphatic carbocycles. The molecule has 1 atom stereocenters. The number of hydrogen-bond donors (Lipinski definition) is 1. The molecule has 1 heterocycles. The first-order valence-electron chi connectivity index (χ1n) is 4.19. The number of benzene rings is 1. The van der Waals surface area contributed by atoms with Crippen LogP contribution in [0.2, 0.25) is 0 Å². The van der Waals surface area contributed by atoms with Crippen LogP contribution in [0.25, 0.3) is 0 Å². The average molecular weight is 227 g/mol. The van der Waals surface area contributed by atoms with Crippen molar-refractivity contribution in [2.75, 3.05) is 0 Å². The van der Waals surface area contributed by atoms with Crippen molar-refractivity contribution in [1.82, 2.24) is 4.98 Å². The summed E-state index contributed by atoms with van der Waals surface area (Å²) in [5.74, 6) is -1.40. The molecule has 0 spiro atoms. The van der Waals surface area contributed by atoms with Gasteiger partial charge < -0.3 is 5.11 Å². The van der Waals surface area contributed by atoms with E-state index >= 15 is 0 Å². The van der Waals surface area contributed by atoms with E-state index in [1.165, 1.54) is 17.5 Å². The zero-order chi connectivity index (χ0) is 10.8. The summed E-state index contributed by atoms with van der Waals surface area (Å²) < 4.78 is 25.7. The predicted molar refractivity (Wildman–Crippen MR) is 52.5 cm³/mol. The molecule has 2 rings (SSSR count). The first-order chi connectivity index (χ1) is 7.16. The highest BCUT2D eigenvalue weighted by molar-refractivity contribution is 7.09. The Balaban J connectivity index is 2.37. The molecule has 1 aromatic carbocycles. The Kier molecular flexibility index (Phi) is 2.75. The number of nitrogens with zero attached hydrogens (tertiary/aromatic N) is 1. The van der Waals surface area contributed by atoms with Gasteiger partial charge in [0, 0.05) is 12.3 Å². The normalized spacial score (nSPS) is 12.7. The van der Waals surface area contributed by atoms with Crippen molar-refractivity contribution in [1.29, 1.82) is 0 Å². The summed E-state index contributed by atoms with van der Waals surface area (Å²) in [6.45, 7) is 0. The molecular weight excluding hydrogens is 220 g/mol. The topological polar surface area (TPSA) is 33.1 Å². The molecule has 0 aliphatic rings. The lowest BCUT2D eigenvalue weighted by Crippen LogP contribution is -1.98. The quantitative estimate of drug-likeness (QED) is 0.855. The van der Waals surface area contributed by atoms with E-state index < -0.39 is 17.7 Å². The van der Waals surface area contributed by atoms with Gasteiger partial charge in [-0.3, -0.25) is 4.98 Å². The molecule has 1 aromatic heterocycles. The lowest BCUT2D eigenvalue weighted by Gasteiger charge is -2.08. The second-order valence-corrected chi connectivity index (χ2v) is 3.93. The summed E-state index contributed by atoms with van der Waals surface area (Å²) >= 11 is 1.23. The Morgan fingerprint density at radius 1 is 1.20 bits per heavy atom. The largest absolute Gasteiger partial charge is 0.383 e. The molecule has 2 nitrogen and oxygen atoms in total. The van der Waals surface area contributed by atoms with Gasteiger partial charge in [-0.2, -0.15) is 0 Å². The first kappa shape index (κ1) is 10.2. The van der Waals surface area contributed by atoms with Gasteiger partial charge in [-0.15, -0.1) is 11.3 Å². The van der Waals surface area contributed by atoms with Crippen molar-refractivity contribution in [3.8, 4) is 0 Å². The van der Waals surface area contributed by atoms with E-state index in [1.807, 2.05) is 0 Å². The third-order valence-electron chi connectivity index (χ3n) is 1.92. The molecule has 78 valence electrons. The highest BCUT2D eigenvalue weighted by atomic mass is 32.1. The summed E-state index contributed by atoms with van der Waals surface area (Å²) in [4.78, 5) is 4.34. The number of aliphatic hydroxyl groups is 1. The minimum atomic E-state index is -1.03. The van der Waals surface area contributed by atoms with Crippen molar-refractivity contribution in [3.63, 3.8) is 0 Å². The van der Waals surface area contributed by atoms with Crippen LogP contribution in [0.5, 0.6) is 0 Å². The minimum Gasteiger partial charge on any atom is -0.383 e. The number of rotatable bonds is 2. The second kappa shape index (κ2) is 4.04. The fourth-order valence-corrected chi connectivity index (χ4v) is 1.89. The fraction of sp³-hybridized carbons (Fsp3) is 0.100. The number of hydrogen-bond acceptors (Lipinski definition) is 3. The minimum absolute atomic E-state index is 0.191. The Morgan fingerprint density at radius 3 is 2.40 bits per heavy atom. The molecule has 5 heteroatoms. The Bertz CT molecular complexity index is 438. The average Bonchev–Trinajstić information content (AvgIpc) is 2.67. The fourth-order valence-electron chi connectivity index (χ4n) is 1.26. The van der Waals surface area contributed by atoms with E-state index in [2.05, 4.69) is 4.98 Å². The first-order valence-corrected chi connectivity index (χ1v) is 5.07. The molecule has 0 radical (unpaired) electrons. The maximum absolute atomic E-state index is 12.9. The molecule has 1 unspecified atom stereocenters. The highest BCUT2D eigenvalue weighted by Gasteiger charge is 2.13. The Morgan fingerprint density at radius 2 is 1.87 bits per heavy atom. The number of thiazole rings is 1. The molecule has 15 heavy (non-hydrogen) atoms. The smallest absolute Gasteiger partial charge is 0.126 e. The van der Waals surface area contributed by atoms with Crippen LogP contribution in [0.3, 0.4) is 0 Å². The van der Waals surface area contributed by atoms with Gasteiger partial charge in [0.2, 0.25) is 0 Å². The Labute approximate surface area is 88.8 Å². The van der Waals surface area contributed by atoms with Crippen molar-refractivity contribution in [2.24, 2.45) is 0 Å². The maximum Gasteiger partial charge on any atom is 0.126 e. The zero-order valence-corrected chi connectivity index (χ0v) is 8.34. The van der Waals surface area contributed by atoms with Gasteiger partial charge >= 0.3 is 0 Å². The molecule has 0 saturated carbocycles. The van der Waals surface area contributed by atoms with E-state index in [0.717, 1.165) is 18.2 Å². The molecule has 2 aromatic rings. The van der Waals surface area contributed by atoms with E-state index in [0.29, 0.717) is 4.88 Å². The van der Waals surface area contributed by atoms with Gasteiger partial charge in [-0.25, -0.2) is 8.78 Å². The van der Waals surface area contributed by atoms with Crippen molar-refractivity contribution in [2.45, 2.75) is 6.10 Å². The summed E-state index contributed by atoms with van der Waals surface area (Å²) in [5, 5.41) is 9.77. The molecule has 0 amide bonds. The molecule has 0 bridgehead atoms. The van der Waals surface area contributed by atoms with Gasteiger partial charge in [0.1, 0.15) is 17.7 Å². The van der Waals surface area contributed by atoms with Gasteiger partial charge in [-0.05, 0) is 17.7 Å². The van der Waals surface area contributed by atoms with Crippen LogP contribution in [-0.4, -0.2) is 10.1 Å². The number of aliphatic hydroxyl groups excluding tert-OH is 1. The number of aromatic nitrogens is 1.